The fourth-order valence-electron chi connectivity index (χ4n) is 2.31. The number of carbonyl (C=O) groups is 1. The number of methoxy groups -OCH3 is 1. The molecule has 0 atom stereocenters. The van der Waals surface area contributed by atoms with Crippen LogP contribution >= 0.6 is 0 Å². The molecule has 0 spiro atoms. The molecule has 0 bridgehead atoms. The van der Waals surface area contributed by atoms with E-state index in [1.165, 1.54) is 25.1 Å². The zero-order valence-electron chi connectivity index (χ0n) is 12.2. The number of hydrogen-bond acceptors (Lipinski definition) is 7. The summed E-state index contributed by atoms with van der Waals surface area (Å²) in [5.41, 5.74) is -1.10. The third-order valence-corrected chi connectivity index (χ3v) is 3.46. The molecular formula is C16H12O7. The van der Waals surface area contributed by atoms with Crippen LogP contribution in [0.2, 0.25) is 0 Å². The number of ether oxygens (including phenoxy) is 2. The minimum absolute atomic E-state index is 0.0883. The van der Waals surface area contributed by atoms with Gasteiger partial charge in [-0.2, -0.15) is 0 Å². The summed E-state index contributed by atoms with van der Waals surface area (Å²) in [6, 6.07) is 4.29. The summed E-state index contributed by atoms with van der Waals surface area (Å²) >= 11 is 0. The molecule has 0 saturated carbocycles. The molecule has 0 saturated heterocycles. The van der Waals surface area contributed by atoms with Gasteiger partial charge in [-0.05, 0) is 19.1 Å². The number of fused-ring (bicyclic) bond motifs is 2. The maximum Gasteiger partial charge on any atom is 0.342 e. The van der Waals surface area contributed by atoms with E-state index in [0.29, 0.717) is 0 Å². The molecule has 0 aliphatic carbocycles. The predicted octanol–water partition coefficient (Wildman–Crippen LogP) is 2.24. The molecule has 0 radical (unpaired) electrons. The fourth-order valence-corrected chi connectivity index (χ4v) is 2.31. The van der Waals surface area contributed by atoms with E-state index >= 15 is 0 Å². The molecule has 1 aromatic heterocycles. The number of carbonyl (C=O) groups excluding carboxylic acids is 1. The first-order valence-electron chi connectivity index (χ1n) is 6.60. The van der Waals surface area contributed by atoms with Gasteiger partial charge in [0, 0.05) is 5.57 Å². The zero-order chi connectivity index (χ0) is 16.7. The van der Waals surface area contributed by atoms with Crippen LogP contribution in [0.5, 0.6) is 11.7 Å². The van der Waals surface area contributed by atoms with Crippen molar-refractivity contribution in [2.75, 3.05) is 7.11 Å². The van der Waals surface area contributed by atoms with Gasteiger partial charge in [-0.25, -0.2) is 4.79 Å². The molecule has 0 fully saturated rings. The monoisotopic (exact) mass is 316 g/mol. The molecule has 1 aromatic carbocycles. The van der Waals surface area contributed by atoms with Crippen LogP contribution in [0.3, 0.4) is 0 Å². The highest BCUT2D eigenvalue weighted by Gasteiger charge is 2.31. The summed E-state index contributed by atoms with van der Waals surface area (Å²) < 4.78 is 15.4. The van der Waals surface area contributed by atoms with E-state index in [1.54, 1.807) is 0 Å². The first-order valence-corrected chi connectivity index (χ1v) is 6.60. The predicted molar refractivity (Wildman–Crippen MR) is 80.1 cm³/mol. The Morgan fingerprint density at radius 2 is 2.00 bits per heavy atom. The van der Waals surface area contributed by atoms with Crippen molar-refractivity contribution in [3.8, 4) is 11.7 Å². The van der Waals surface area contributed by atoms with Crippen molar-refractivity contribution in [2.45, 2.75) is 6.92 Å². The lowest BCUT2D eigenvalue weighted by Gasteiger charge is -2.10. The quantitative estimate of drug-likeness (QED) is 0.777. The molecule has 2 N–H and O–H groups in total. The summed E-state index contributed by atoms with van der Waals surface area (Å²) in [6.45, 7) is 1.49. The fraction of sp³-hybridized carbons (Fsp3) is 0.125. The van der Waals surface area contributed by atoms with Crippen molar-refractivity contribution in [2.24, 2.45) is 0 Å². The summed E-state index contributed by atoms with van der Waals surface area (Å²) in [6.07, 6.45) is 1.15. The Morgan fingerprint density at radius 1 is 1.26 bits per heavy atom. The first kappa shape index (κ1) is 14.7. The number of rotatable bonds is 1. The van der Waals surface area contributed by atoms with Crippen molar-refractivity contribution in [3.05, 3.63) is 51.6 Å². The Kier molecular flexibility index (Phi) is 3.33. The lowest BCUT2D eigenvalue weighted by molar-refractivity contribution is -0.133. The molecule has 7 heteroatoms. The van der Waals surface area contributed by atoms with E-state index in [4.69, 9.17) is 9.15 Å². The van der Waals surface area contributed by atoms with Gasteiger partial charge in [-0.15, -0.1) is 0 Å². The highest BCUT2D eigenvalue weighted by atomic mass is 16.6. The smallest absolute Gasteiger partial charge is 0.342 e. The van der Waals surface area contributed by atoms with Crippen LogP contribution in [0.4, 0.5) is 0 Å². The van der Waals surface area contributed by atoms with Gasteiger partial charge in [0.25, 0.3) is 0 Å². The van der Waals surface area contributed by atoms with E-state index < -0.39 is 17.2 Å². The standard InChI is InChI=1S/C16H12O7/c1-7-6-22-16-12(11(13(7)18)15(20)21-2)14(19)10-8(17)4-3-5-9(10)23-16/h3-6,17-18H,1-2H3. The second-order valence-electron chi connectivity index (χ2n) is 4.88. The van der Waals surface area contributed by atoms with Crippen LogP contribution in [0.15, 0.2) is 45.0 Å². The number of benzene rings is 1. The van der Waals surface area contributed by atoms with Crippen LogP contribution in [-0.2, 0) is 9.53 Å². The maximum absolute atomic E-state index is 12.8. The van der Waals surface area contributed by atoms with Crippen molar-refractivity contribution in [1.29, 1.82) is 0 Å². The Morgan fingerprint density at radius 3 is 2.70 bits per heavy atom. The summed E-state index contributed by atoms with van der Waals surface area (Å²) in [5, 5.41) is 20.0. The van der Waals surface area contributed by atoms with Crippen LogP contribution in [0.1, 0.15) is 12.5 Å². The van der Waals surface area contributed by atoms with Crippen LogP contribution in [0.25, 0.3) is 16.5 Å². The zero-order valence-corrected chi connectivity index (χ0v) is 12.2. The van der Waals surface area contributed by atoms with Gasteiger partial charge in [-0.3, -0.25) is 4.79 Å². The van der Waals surface area contributed by atoms with Crippen LogP contribution in [-0.4, -0.2) is 23.3 Å². The normalized spacial score (nSPS) is 13.9. The molecule has 23 heavy (non-hydrogen) atoms. The Balaban J connectivity index is 2.49. The number of aliphatic hydroxyl groups is 1. The van der Waals surface area contributed by atoms with Gasteiger partial charge in [0.1, 0.15) is 39.9 Å². The van der Waals surface area contributed by atoms with Crippen LogP contribution < -0.4 is 10.2 Å². The van der Waals surface area contributed by atoms with E-state index in [-0.39, 0.29) is 39.4 Å². The van der Waals surface area contributed by atoms with E-state index in [1.807, 2.05) is 0 Å². The second-order valence-corrected chi connectivity index (χ2v) is 4.88. The van der Waals surface area contributed by atoms with Crippen molar-refractivity contribution >= 4 is 22.5 Å². The number of aromatic hydroxyl groups is 1. The summed E-state index contributed by atoms with van der Waals surface area (Å²) in [5.74, 6) is -1.96. The van der Waals surface area contributed by atoms with Crippen molar-refractivity contribution < 1.29 is 28.9 Å². The maximum atomic E-state index is 12.8. The van der Waals surface area contributed by atoms with E-state index in [0.717, 1.165) is 13.4 Å². The minimum Gasteiger partial charge on any atom is -0.507 e. The van der Waals surface area contributed by atoms with Gasteiger partial charge in [0.15, 0.2) is 0 Å². The highest BCUT2D eigenvalue weighted by Crippen LogP contribution is 2.35. The first-order chi connectivity index (χ1) is 11.0. The largest absolute Gasteiger partial charge is 0.507 e. The molecule has 0 unspecified atom stereocenters. The summed E-state index contributed by atoms with van der Waals surface area (Å²) in [4.78, 5) is 24.8. The van der Waals surface area contributed by atoms with Gasteiger partial charge >= 0.3 is 11.9 Å². The Bertz CT molecular complexity index is 947. The molecule has 2 heterocycles. The van der Waals surface area contributed by atoms with Gasteiger partial charge in [-0.1, -0.05) is 6.07 Å². The Labute approximate surface area is 129 Å². The number of aliphatic hydroxyl groups excluding tert-OH is 1. The number of phenolic OH excluding ortho intramolecular Hbond substituents is 1. The number of allylic oxidation sites excluding steroid dienone is 1. The molecule has 118 valence electrons. The minimum atomic E-state index is -0.927. The lowest BCUT2D eigenvalue weighted by Crippen LogP contribution is -2.16. The third kappa shape index (κ3) is 2.13. The molecule has 3 rings (SSSR count). The van der Waals surface area contributed by atoms with Gasteiger partial charge in [0.2, 0.25) is 5.43 Å². The Hall–Kier alpha value is -3.22. The van der Waals surface area contributed by atoms with E-state index in [2.05, 4.69) is 4.74 Å². The van der Waals surface area contributed by atoms with Crippen molar-refractivity contribution in [3.63, 3.8) is 0 Å². The average Bonchev–Trinajstić information content (AvgIpc) is 2.65. The number of esters is 1. The van der Waals surface area contributed by atoms with Crippen LogP contribution in [0, 0.1) is 0 Å². The molecule has 1 aliphatic heterocycles. The lowest BCUT2D eigenvalue weighted by atomic mass is 10.0. The topological polar surface area (TPSA) is 106 Å². The van der Waals surface area contributed by atoms with Gasteiger partial charge in [0.05, 0.1) is 7.11 Å². The molecule has 2 aromatic rings. The molecular weight excluding hydrogens is 304 g/mol. The molecule has 0 amide bonds. The highest BCUT2D eigenvalue weighted by molar-refractivity contribution is 6.19. The number of phenols is 1. The third-order valence-electron chi connectivity index (χ3n) is 3.46. The number of hydrogen-bond donors (Lipinski definition) is 2. The SMILES string of the molecule is COC(=O)C1=C(O)C(C)=COc2oc3cccc(O)c3c(=O)c21. The second kappa shape index (κ2) is 5.20. The molecule has 1 aliphatic rings. The van der Waals surface area contributed by atoms with Gasteiger partial charge < -0.3 is 24.1 Å². The summed E-state index contributed by atoms with van der Waals surface area (Å²) in [7, 11) is 1.12. The average molecular weight is 316 g/mol. The van der Waals surface area contributed by atoms with E-state index in [9.17, 15) is 19.8 Å². The van der Waals surface area contributed by atoms with Crippen molar-refractivity contribution in [1.82, 2.24) is 0 Å². The molecule has 7 nitrogen and oxygen atoms in total.